The number of benzene rings is 1. The summed E-state index contributed by atoms with van der Waals surface area (Å²) >= 11 is 0. The highest BCUT2D eigenvalue weighted by Gasteiger charge is 2.34. The van der Waals surface area contributed by atoms with E-state index in [1.165, 1.54) is 5.56 Å². The number of hydrogen-bond acceptors (Lipinski definition) is 6. The molecule has 0 saturated carbocycles. The molecule has 2 N–H and O–H groups in total. The van der Waals surface area contributed by atoms with Gasteiger partial charge in [0.2, 0.25) is 0 Å². The van der Waals surface area contributed by atoms with Crippen LogP contribution in [-0.4, -0.2) is 57.8 Å². The number of unbranched alkanes of at least 4 members (excludes halogenated alkanes) is 1. The van der Waals surface area contributed by atoms with Crippen LogP contribution in [0.3, 0.4) is 0 Å². The molecule has 0 radical (unpaired) electrons. The van der Waals surface area contributed by atoms with Gasteiger partial charge in [-0.2, -0.15) is 0 Å². The third-order valence-electron chi connectivity index (χ3n) is 7.25. The second-order valence-electron chi connectivity index (χ2n) is 9.48. The van der Waals surface area contributed by atoms with Crippen LogP contribution >= 0.6 is 0 Å². The number of hydrogen-bond donors (Lipinski definition) is 2. The summed E-state index contributed by atoms with van der Waals surface area (Å²) in [5, 5.41) is 21.8. The van der Waals surface area contributed by atoms with E-state index in [4.69, 9.17) is 4.74 Å². The van der Waals surface area contributed by atoms with Crippen molar-refractivity contribution in [2.45, 2.75) is 44.6 Å². The molecule has 1 aliphatic heterocycles. The Hall–Kier alpha value is -3.03. The molecule has 7 nitrogen and oxygen atoms in total. The number of methoxy groups -OCH3 is 1. The van der Waals surface area contributed by atoms with Crippen molar-refractivity contribution in [2.24, 2.45) is 11.8 Å². The van der Waals surface area contributed by atoms with Crippen LogP contribution in [0, 0.1) is 11.8 Å². The van der Waals surface area contributed by atoms with Crippen LogP contribution in [-0.2, 0) is 11.2 Å². The summed E-state index contributed by atoms with van der Waals surface area (Å²) in [6, 6.07) is 11.6. The highest BCUT2D eigenvalue weighted by molar-refractivity contribution is 5.83. The normalized spacial score (nSPS) is 19.5. The highest BCUT2D eigenvalue weighted by atomic mass is 16.5. The molecule has 2 aromatic heterocycles. The quantitative estimate of drug-likeness (QED) is 0.393. The van der Waals surface area contributed by atoms with Crippen molar-refractivity contribution < 1.29 is 19.7 Å². The van der Waals surface area contributed by atoms with Gasteiger partial charge in [-0.15, -0.1) is 0 Å². The minimum atomic E-state index is -0.731. The fourth-order valence-electron chi connectivity index (χ4n) is 5.20. The van der Waals surface area contributed by atoms with E-state index < -0.39 is 18.0 Å². The summed E-state index contributed by atoms with van der Waals surface area (Å²) in [5.41, 5.74) is 2.91. The number of aromatic nitrogens is 2. The number of carboxylic acid groups (broad SMARTS) is 1. The number of piperidine rings is 1. The van der Waals surface area contributed by atoms with E-state index in [2.05, 4.69) is 14.9 Å². The molecule has 3 aromatic rings. The molecule has 3 atom stereocenters. The van der Waals surface area contributed by atoms with Crippen molar-refractivity contribution in [3.63, 3.8) is 0 Å². The summed E-state index contributed by atoms with van der Waals surface area (Å²) in [4.78, 5) is 22.8. The average Bonchev–Trinajstić information content (AvgIpc) is 2.89. The first-order valence-electron chi connectivity index (χ1n) is 12.5. The largest absolute Gasteiger partial charge is 0.497 e. The van der Waals surface area contributed by atoms with Crippen LogP contribution in [0.5, 0.6) is 5.75 Å². The van der Waals surface area contributed by atoms with E-state index in [0.29, 0.717) is 19.4 Å². The molecule has 3 heterocycles. The molecule has 0 aliphatic carbocycles. The molecule has 0 amide bonds. The van der Waals surface area contributed by atoms with Crippen molar-refractivity contribution in [3.8, 4) is 5.75 Å². The summed E-state index contributed by atoms with van der Waals surface area (Å²) in [7, 11) is 1.62. The maximum atomic E-state index is 12.1. The summed E-state index contributed by atoms with van der Waals surface area (Å²) in [5.74, 6) is -0.341. The molecule has 1 aromatic carbocycles. The predicted molar refractivity (Wildman–Crippen MR) is 135 cm³/mol. The second-order valence-corrected chi connectivity index (χ2v) is 9.48. The molecular weight excluding hydrogens is 442 g/mol. The Morgan fingerprint density at radius 1 is 1.17 bits per heavy atom. The SMILES string of the molecule is COc1ccc2nccc([C@H](O)CC[C@@H]3CCN(CCCCc4ccncc4)C[C@@H]3C(=O)O)c2c1. The van der Waals surface area contributed by atoms with Gasteiger partial charge >= 0.3 is 5.97 Å². The third-order valence-corrected chi connectivity index (χ3v) is 7.25. The lowest BCUT2D eigenvalue weighted by Gasteiger charge is -2.37. The number of rotatable bonds is 11. The number of carboxylic acids is 1. The van der Waals surface area contributed by atoms with Gasteiger partial charge in [0.05, 0.1) is 24.6 Å². The standard InChI is InChI=1S/C28H35N3O4/c1-35-22-6-7-26-24(18-22)23(11-15-30-26)27(32)8-5-21-12-17-31(19-25(21)28(33)34)16-3-2-4-20-9-13-29-14-10-20/h6-7,9-11,13-15,18,21,25,27,32H,2-5,8,12,16-17,19H2,1H3,(H,33,34)/t21-,25+,27-/m1/s1. The molecule has 0 bridgehead atoms. The fourth-order valence-corrected chi connectivity index (χ4v) is 5.20. The second kappa shape index (κ2) is 12.1. The summed E-state index contributed by atoms with van der Waals surface area (Å²) in [6.45, 7) is 2.42. The Morgan fingerprint density at radius 3 is 2.77 bits per heavy atom. The van der Waals surface area contributed by atoms with Crippen molar-refractivity contribution in [1.82, 2.24) is 14.9 Å². The number of carbonyl (C=O) groups is 1. The number of nitrogens with zero attached hydrogens (tertiary/aromatic N) is 3. The van der Waals surface area contributed by atoms with Crippen LogP contribution in [0.2, 0.25) is 0 Å². The van der Waals surface area contributed by atoms with Gasteiger partial charge in [-0.25, -0.2) is 0 Å². The van der Waals surface area contributed by atoms with Crippen molar-refractivity contribution in [3.05, 3.63) is 66.1 Å². The first kappa shape index (κ1) is 25.1. The molecule has 1 fully saturated rings. The van der Waals surface area contributed by atoms with Crippen molar-refractivity contribution in [1.29, 1.82) is 0 Å². The van der Waals surface area contributed by atoms with Gasteiger partial charge in [0.25, 0.3) is 0 Å². The zero-order valence-electron chi connectivity index (χ0n) is 20.3. The van der Waals surface area contributed by atoms with Gasteiger partial charge in [0, 0.05) is 30.5 Å². The minimum Gasteiger partial charge on any atom is -0.497 e. The highest BCUT2D eigenvalue weighted by Crippen LogP contribution is 2.33. The molecule has 35 heavy (non-hydrogen) atoms. The van der Waals surface area contributed by atoms with E-state index in [1.807, 2.05) is 48.8 Å². The number of aryl methyl sites for hydroxylation is 1. The predicted octanol–water partition coefficient (Wildman–Crippen LogP) is 4.50. The van der Waals surface area contributed by atoms with E-state index >= 15 is 0 Å². The lowest BCUT2D eigenvalue weighted by Crippen LogP contribution is -2.44. The monoisotopic (exact) mass is 477 g/mol. The summed E-state index contributed by atoms with van der Waals surface area (Å²) in [6.07, 6.45) is 9.89. The zero-order valence-corrected chi connectivity index (χ0v) is 20.3. The Labute approximate surface area is 206 Å². The van der Waals surface area contributed by atoms with Crippen LogP contribution < -0.4 is 4.74 Å². The molecule has 186 valence electrons. The first-order valence-corrected chi connectivity index (χ1v) is 12.5. The van der Waals surface area contributed by atoms with Crippen LogP contribution in [0.25, 0.3) is 10.9 Å². The topological polar surface area (TPSA) is 95.8 Å². The van der Waals surface area contributed by atoms with Crippen molar-refractivity contribution in [2.75, 3.05) is 26.7 Å². The Balaban J connectivity index is 1.30. The smallest absolute Gasteiger partial charge is 0.308 e. The van der Waals surface area contributed by atoms with Crippen LogP contribution in [0.4, 0.5) is 0 Å². The average molecular weight is 478 g/mol. The molecule has 1 saturated heterocycles. The zero-order chi connectivity index (χ0) is 24.6. The van der Waals surface area contributed by atoms with Crippen molar-refractivity contribution >= 4 is 16.9 Å². The number of aliphatic hydroxyl groups excluding tert-OH is 1. The number of fused-ring (bicyclic) bond motifs is 1. The number of aliphatic hydroxyl groups is 1. The molecule has 0 unspecified atom stereocenters. The van der Waals surface area contributed by atoms with Gasteiger partial charge in [-0.3, -0.25) is 14.8 Å². The maximum absolute atomic E-state index is 12.1. The minimum absolute atomic E-state index is 0.0675. The van der Waals surface area contributed by atoms with E-state index in [0.717, 1.165) is 61.0 Å². The van der Waals surface area contributed by atoms with E-state index in [-0.39, 0.29) is 5.92 Å². The Morgan fingerprint density at radius 2 is 2.00 bits per heavy atom. The number of aliphatic carboxylic acids is 1. The lowest BCUT2D eigenvalue weighted by molar-refractivity contribution is -0.146. The molecular formula is C28H35N3O4. The van der Waals surface area contributed by atoms with Gasteiger partial charge in [-0.1, -0.05) is 0 Å². The van der Waals surface area contributed by atoms with Crippen LogP contribution in [0.15, 0.2) is 55.0 Å². The Bertz CT molecular complexity index is 1110. The van der Waals surface area contributed by atoms with Gasteiger partial charge in [0.15, 0.2) is 0 Å². The van der Waals surface area contributed by atoms with Gasteiger partial charge in [0.1, 0.15) is 5.75 Å². The van der Waals surface area contributed by atoms with Gasteiger partial charge < -0.3 is 19.8 Å². The molecule has 0 spiro atoms. The molecule has 4 rings (SSSR count). The number of pyridine rings is 2. The maximum Gasteiger partial charge on any atom is 0.308 e. The Kier molecular flexibility index (Phi) is 8.66. The molecule has 7 heteroatoms. The number of ether oxygens (including phenoxy) is 1. The summed E-state index contributed by atoms with van der Waals surface area (Å²) < 4.78 is 5.34. The third kappa shape index (κ3) is 6.55. The van der Waals surface area contributed by atoms with Crippen LogP contribution in [0.1, 0.15) is 49.3 Å². The van der Waals surface area contributed by atoms with E-state index in [1.54, 1.807) is 13.3 Å². The fraction of sp³-hybridized carbons (Fsp3) is 0.464. The number of likely N-dealkylation sites (tertiary alicyclic amines) is 1. The lowest BCUT2D eigenvalue weighted by atomic mass is 9.81. The first-order chi connectivity index (χ1) is 17.0. The van der Waals surface area contributed by atoms with E-state index in [9.17, 15) is 15.0 Å². The molecule has 1 aliphatic rings. The van der Waals surface area contributed by atoms with Gasteiger partial charge in [-0.05, 0) is 105 Å².